The maximum atomic E-state index is 13.1. The Kier molecular flexibility index (Phi) is 3.46. The van der Waals surface area contributed by atoms with E-state index in [1.807, 2.05) is 27.8 Å². The second-order valence-electron chi connectivity index (χ2n) is 23.0. The van der Waals surface area contributed by atoms with Gasteiger partial charge in [0.2, 0.25) is 0 Å². The number of methoxy groups -OCH3 is 1. The van der Waals surface area contributed by atoms with Gasteiger partial charge in [0, 0.05) is 52.3 Å². The highest BCUT2D eigenvalue weighted by molar-refractivity contribution is 6.26. The standard InChI is InChI=1S/C59H36O2/c1-61-31(60)8-5-13-57(22-6-3-2-4-7-22)58-29-11-12-30-28-17-21-15-19-14-20-16-25-27-18-26-23-9-10-24(29)39-35(23)44-38(26)45-37(27)36(25)42-34(20)41-32(19)33(21)43-40(28)56(59(30,57)58)54-52-48(43)46(41)47(42)49(45)50(52)51(44)53(54)55(39)58/h2-4,6-7,9-12,14,16-18,20,23,26,28,30,34,36-38,40,42,45H,5,8,13,15H2,1H3. The summed E-state index contributed by atoms with van der Waals surface area (Å²) in [6.45, 7) is 0. The molecule has 22 rings (SSSR count). The van der Waals surface area contributed by atoms with Crippen LogP contribution in [0.5, 0.6) is 0 Å². The molecule has 0 radical (unpaired) electrons. The van der Waals surface area contributed by atoms with Crippen molar-refractivity contribution >= 4 is 39.0 Å². The first-order valence-electron chi connectivity index (χ1n) is 24.0. The first kappa shape index (κ1) is 28.2. The molecule has 4 aromatic rings. The molecule has 61 heavy (non-hydrogen) atoms. The van der Waals surface area contributed by atoms with Gasteiger partial charge in [0.15, 0.2) is 0 Å². The van der Waals surface area contributed by atoms with Crippen LogP contribution in [0.25, 0.3) is 44.2 Å². The highest BCUT2D eigenvalue weighted by Gasteiger charge is 2.97. The molecule has 3 fully saturated rings. The van der Waals surface area contributed by atoms with Crippen LogP contribution in [-0.2, 0) is 20.4 Å². The number of allylic oxidation sites excluding steroid dienone is 15. The molecule has 2 nitrogen and oxygen atoms in total. The third-order valence-electron chi connectivity index (χ3n) is 22.9. The Bertz CT molecular complexity index is 3680. The van der Waals surface area contributed by atoms with E-state index in [4.69, 9.17) is 4.74 Å². The van der Waals surface area contributed by atoms with Crippen LogP contribution in [0, 0.1) is 40.9 Å². The lowest BCUT2D eigenvalue weighted by Gasteiger charge is -2.63. The number of carbonyl (C=O) groups excluding carboxylic acids is 1. The van der Waals surface area contributed by atoms with E-state index >= 15 is 0 Å². The second kappa shape index (κ2) is 7.48. The van der Waals surface area contributed by atoms with Crippen LogP contribution < -0.4 is 0 Å². The highest BCUT2D eigenvalue weighted by atomic mass is 16.5. The lowest BCUT2D eigenvalue weighted by atomic mass is 9.40. The van der Waals surface area contributed by atoms with Crippen molar-refractivity contribution in [1.82, 2.24) is 0 Å². The number of ether oxygens (including phenoxy) is 1. The van der Waals surface area contributed by atoms with Crippen LogP contribution in [0.15, 0.2) is 101 Å². The average Bonchev–Trinajstić information content (AvgIpc) is 3.96. The summed E-state index contributed by atoms with van der Waals surface area (Å²) in [7, 11) is 1.58. The van der Waals surface area contributed by atoms with Gasteiger partial charge in [-0.1, -0.05) is 78.9 Å². The van der Waals surface area contributed by atoms with E-state index in [2.05, 4.69) is 78.9 Å². The van der Waals surface area contributed by atoms with Gasteiger partial charge in [-0.2, -0.15) is 0 Å². The smallest absolute Gasteiger partial charge is 0.305 e. The van der Waals surface area contributed by atoms with E-state index in [9.17, 15) is 4.79 Å². The van der Waals surface area contributed by atoms with Crippen molar-refractivity contribution in [1.29, 1.82) is 0 Å². The molecule has 18 aliphatic rings. The molecule has 0 bridgehead atoms. The van der Waals surface area contributed by atoms with Gasteiger partial charge in [0.1, 0.15) is 0 Å². The van der Waals surface area contributed by atoms with Crippen LogP contribution in [0.4, 0.5) is 0 Å². The molecule has 2 spiro atoms. The fourth-order valence-corrected chi connectivity index (χ4v) is 22.7. The number of hydrogen-bond donors (Lipinski definition) is 0. The van der Waals surface area contributed by atoms with E-state index in [-0.39, 0.29) is 22.2 Å². The molecule has 4 aromatic carbocycles. The zero-order chi connectivity index (χ0) is 38.2. The third-order valence-corrected chi connectivity index (χ3v) is 22.9. The van der Waals surface area contributed by atoms with Crippen molar-refractivity contribution in [2.75, 3.05) is 7.11 Å². The molecule has 2 heteroatoms. The van der Waals surface area contributed by atoms with Crippen LogP contribution >= 0.6 is 0 Å². The SMILES string of the molecule is COC(=O)CCCC1(c2ccccc2)C23C4=C5C=CC6c7c5c2c2c5c7C7C6C=C6C8=CC9C=C%10CC%11=CC%12C%13C(=C2c2c-5c5c%14c%15c(c%10c%11c%13c2%15)C9C%14C8C6C57)C13C%12C=C4. The maximum Gasteiger partial charge on any atom is 0.305 e. The lowest BCUT2D eigenvalue weighted by Crippen LogP contribution is -2.52. The van der Waals surface area contributed by atoms with Gasteiger partial charge >= 0.3 is 5.97 Å². The van der Waals surface area contributed by atoms with Crippen LogP contribution in [0.3, 0.4) is 0 Å². The molecule has 0 aliphatic heterocycles. The van der Waals surface area contributed by atoms with E-state index < -0.39 is 0 Å². The predicted octanol–water partition coefficient (Wildman–Crippen LogP) is 11.4. The Hall–Kier alpha value is -5.47. The van der Waals surface area contributed by atoms with Crippen LogP contribution in [0.1, 0.15) is 134 Å². The average molecular weight is 777 g/mol. The molecule has 284 valence electrons. The molecule has 18 aliphatic carbocycles. The van der Waals surface area contributed by atoms with Gasteiger partial charge in [-0.25, -0.2) is 0 Å². The summed E-state index contributed by atoms with van der Waals surface area (Å²) in [4.78, 5) is 13.1. The normalized spacial score (nSPS) is 44.7. The van der Waals surface area contributed by atoms with Gasteiger partial charge < -0.3 is 4.74 Å². The zero-order valence-electron chi connectivity index (χ0n) is 33.6. The van der Waals surface area contributed by atoms with Crippen molar-refractivity contribution in [3.63, 3.8) is 0 Å². The first-order valence-corrected chi connectivity index (χ1v) is 24.0. The van der Waals surface area contributed by atoms with Gasteiger partial charge in [0.05, 0.1) is 7.11 Å². The Morgan fingerprint density at radius 3 is 2.43 bits per heavy atom. The zero-order valence-corrected chi connectivity index (χ0v) is 33.6. The summed E-state index contributed by atoms with van der Waals surface area (Å²) in [5.41, 5.74) is 39.6. The second-order valence-corrected chi connectivity index (χ2v) is 23.0. The van der Waals surface area contributed by atoms with Gasteiger partial charge in [-0.15, -0.1) is 0 Å². The number of esters is 1. The number of carbonyl (C=O) groups is 1. The lowest BCUT2D eigenvalue weighted by molar-refractivity contribution is -0.140. The topological polar surface area (TPSA) is 26.3 Å². The van der Waals surface area contributed by atoms with Crippen molar-refractivity contribution in [2.24, 2.45) is 40.9 Å². The minimum atomic E-state index is -0.165. The summed E-state index contributed by atoms with van der Waals surface area (Å²) in [5, 5.41) is 3.56. The molecule has 0 aromatic heterocycles. The predicted molar refractivity (Wildman–Crippen MR) is 233 cm³/mol. The van der Waals surface area contributed by atoms with Gasteiger partial charge in [-0.3, -0.25) is 4.79 Å². The molecule has 0 heterocycles. The third kappa shape index (κ3) is 1.97. The van der Waals surface area contributed by atoms with Crippen LogP contribution in [0.2, 0.25) is 0 Å². The van der Waals surface area contributed by atoms with Crippen LogP contribution in [-0.4, -0.2) is 13.1 Å². The first-order chi connectivity index (χ1) is 30.2. The molecule has 15 unspecified atom stereocenters. The summed E-state index contributed by atoms with van der Waals surface area (Å²) >= 11 is 0. The summed E-state index contributed by atoms with van der Waals surface area (Å²) in [5.74, 6) is 6.51. The van der Waals surface area contributed by atoms with E-state index in [0.717, 1.165) is 19.3 Å². The Balaban J connectivity index is 1.03. The van der Waals surface area contributed by atoms with Crippen molar-refractivity contribution in [3.05, 3.63) is 174 Å². The van der Waals surface area contributed by atoms with Crippen molar-refractivity contribution in [3.8, 4) is 11.1 Å². The van der Waals surface area contributed by atoms with Gasteiger partial charge in [0.25, 0.3) is 0 Å². The molecule has 0 amide bonds. The molecule has 15 atom stereocenters. The summed E-state index contributed by atoms with van der Waals surface area (Å²) < 4.78 is 5.39. The summed E-state index contributed by atoms with van der Waals surface area (Å²) in [6, 6.07) is 11.9. The van der Waals surface area contributed by atoms with Gasteiger partial charge in [-0.05, 0) is 199 Å². The highest BCUT2D eigenvalue weighted by Crippen LogP contribution is 3.00. The van der Waals surface area contributed by atoms with Crippen molar-refractivity contribution < 1.29 is 9.53 Å². The van der Waals surface area contributed by atoms with E-state index in [0.29, 0.717) is 77.4 Å². The van der Waals surface area contributed by atoms with E-state index in [1.54, 1.807) is 113 Å². The summed E-state index contributed by atoms with van der Waals surface area (Å²) in [6.07, 6.45) is 25.9. The minimum Gasteiger partial charge on any atom is -0.469 e. The number of fused-ring (bicyclic) bond motifs is 3. The molecule has 0 saturated heterocycles. The minimum absolute atomic E-state index is 0.0684. The fraction of sp³-hybridized carbons (Fsp3) is 0.339. The number of hydrogen-bond acceptors (Lipinski definition) is 2. The number of benzene rings is 4. The molecular weight excluding hydrogens is 741 g/mol. The fourth-order valence-electron chi connectivity index (χ4n) is 22.7. The number of rotatable bonds is 5. The molecular formula is C59H36O2. The Morgan fingerprint density at radius 2 is 1.52 bits per heavy atom. The Labute approximate surface area is 351 Å². The monoisotopic (exact) mass is 776 g/mol. The van der Waals surface area contributed by atoms with Crippen molar-refractivity contribution in [2.45, 2.75) is 72.0 Å². The largest absolute Gasteiger partial charge is 0.469 e. The maximum absolute atomic E-state index is 13.1. The Morgan fingerprint density at radius 1 is 0.705 bits per heavy atom. The van der Waals surface area contributed by atoms with E-state index in [1.165, 1.54) is 5.56 Å². The molecule has 3 saturated carbocycles. The molecule has 0 N–H and O–H groups in total. The quantitative estimate of drug-likeness (QED) is 0.166.